The number of benzene rings is 1. The lowest BCUT2D eigenvalue weighted by Gasteiger charge is -2.22. The number of hydrogen-bond donors (Lipinski definition) is 2. The summed E-state index contributed by atoms with van der Waals surface area (Å²) >= 11 is 0. The van der Waals surface area contributed by atoms with E-state index in [0.717, 1.165) is 16.8 Å². The van der Waals surface area contributed by atoms with E-state index in [1.807, 2.05) is 67.1 Å². The first-order valence-electron chi connectivity index (χ1n) is 10.2. The van der Waals surface area contributed by atoms with Gasteiger partial charge in [0.15, 0.2) is 5.96 Å². The molecule has 0 spiro atoms. The molecule has 0 saturated carbocycles. The Morgan fingerprint density at radius 3 is 2.55 bits per heavy atom. The second kappa shape index (κ2) is 13.0. The lowest BCUT2D eigenvalue weighted by Crippen LogP contribution is -2.39. The Morgan fingerprint density at radius 1 is 1.26 bits per heavy atom. The summed E-state index contributed by atoms with van der Waals surface area (Å²) < 4.78 is 29.1. The van der Waals surface area contributed by atoms with Crippen molar-refractivity contribution in [3.63, 3.8) is 0 Å². The topological polar surface area (TPSA) is 91.6 Å². The van der Waals surface area contributed by atoms with Gasteiger partial charge in [-0.2, -0.15) is 5.10 Å². The molecule has 0 aliphatic heterocycles. The van der Waals surface area contributed by atoms with Crippen molar-refractivity contribution in [1.29, 1.82) is 0 Å². The summed E-state index contributed by atoms with van der Waals surface area (Å²) in [5.74, 6) is 0.941. The fourth-order valence-electron chi connectivity index (χ4n) is 3.10. The van der Waals surface area contributed by atoms with Crippen LogP contribution in [0.2, 0.25) is 0 Å². The molecule has 0 aliphatic carbocycles. The van der Waals surface area contributed by atoms with Gasteiger partial charge >= 0.3 is 0 Å². The molecule has 2 N–H and O–H groups in total. The Kier molecular flexibility index (Phi) is 11.5. The summed E-state index contributed by atoms with van der Waals surface area (Å²) in [5, 5.41) is 7.79. The van der Waals surface area contributed by atoms with E-state index in [-0.39, 0.29) is 42.8 Å². The lowest BCUT2D eigenvalue weighted by atomic mass is 10.1. The number of nitrogens with one attached hydrogen (secondary N) is 2. The Morgan fingerprint density at radius 2 is 1.94 bits per heavy atom. The molecule has 0 aliphatic rings. The number of guanidine groups is 1. The van der Waals surface area contributed by atoms with Crippen LogP contribution in [-0.4, -0.2) is 54.9 Å². The van der Waals surface area contributed by atoms with Crippen LogP contribution in [0.1, 0.15) is 43.5 Å². The van der Waals surface area contributed by atoms with Gasteiger partial charge < -0.3 is 10.2 Å². The van der Waals surface area contributed by atoms with E-state index in [1.54, 1.807) is 0 Å². The zero-order valence-electron chi connectivity index (χ0n) is 19.0. The predicted molar refractivity (Wildman–Crippen MR) is 137 cm³/mol. The van der Waals surface area contributed by atoms with Crippen LogP contribution in [0.25, 0.3) is 0 Å². The minimum Gasteiger partial charge on any atom is -0.357 e. The van der Waals surface area contributed by atoms with Crippen LogP contribution in [0.4, 0.5) is 0 Å². The van der Waals surface area contributed by atoms with Gasteiger partial charge in [-0.1, -0.05) is 44.2 Å². The van der Waals surface area contributed by atoms with Crippen LogP contribution in [-0.2, 0) is 30.2 Å². The molecule has 10 heteroatoms. The molecule has 0 amide bonds. The number of nitrogens with zero attached hydrogens (tertiary/aromatic N) is 4. The highest BCUT2D eigenvalue weighted by Crippen LogP contribution is 2.18. The van der Waals surface area contributed by atoms with Gasteiger partial charge in [0.25, 0.3) is 0 Å². The molecule has 0 radical (unpaired) electrons. The number of aliphatic imine (C=N–C) groups is 1. The highest BCUT2D eigenvalue weighted by Gasteiger charge is 2.16. The monoisotopic (exact) mass is 562 g/mol. The minimum atomic E-state index is -3.41. The summed E-state index contributed by atoms with van der Waals surface area (Å²) in [6.45, 7) is 8.05. The highest BCUT2D eigenvalue weighted by molar-refractivity contribution is 14.0. The van der Waals surface area contributed by atoms with Crippen LogP contribution in [0, 0.1) is 0 Å². The Bertz CT molecular complexity index is 929. The van der Waals surface area contributed by atoms with Crippen molar-refractivity contribution in [2.75, 3.05) is 25.9 Å². The lowest BCUT2D eigenvalue weighted by molar-refractivity contribution is 0.474. The molecule has 8 nitrogen and oxygen atoms in total. The van der Waals surface area contributed by atoms with E-state index in [4.69, 9.17) is 0 Å². The van der Waals surface area contributed by atoms with Crippen LogP contribution < -0.4 is 10.0 Å². The first-order valence-corrected chi connectivity index (χ1v) is 11.9. The van der Waals surface area contributed by atoms with Gasteiger partial charge in [0, 0.05) is 45.5 Å². The molecular formula is C21H35IN6O2S. The van der Waals surface area contributed by atoms with Crippen LogP contribution in [0.5, 0.6) is 0 Å². The molecule has 31 heavy (non-hydrogen) atoms. The largest absolute Gasteiger partial charge is 0.357 e. The minimum absolute atomic E-state index is 0. The van der Waals surface area contributed by atoms with Gasteiger partial charge in [-0.3, -0.25) is 9.67 Å². The van der Waals surface area contributed by atoms with Gasteiger partial charge in [0.1, 0.15) is 0 Å². The second-order valence-electron chi connectivity index (χ2n) is 7.59. The van der Waals surface area contributed by atoms with Crippen LogP contribution in [0.3, 0.4) is 0 Å². The van der Waals surface area contributed by atoms with E-state index < -0.39 is 10.0 Å². The maximum atomic E-state index is 12.3. The molecule has 1 heterocycles. The van der Waals surface area contributed by atoms with Crippen molar-refractivity contribution in [3.8, 4) is 0 Å². The third-order valence-corrected chi connectivity index (χ3v) is 5.85. The van der Waals surface area contributed by atoms with Crippen molar-refractivity contribution in [1.82, 2.24) is 24.7 Å². The third-order valence-electron chi connectivity index (χ3n) is 4.55. The van der Waals surface area contributed by atoms with Crippen molar-refractivity contribution in [3.05, 3.63) is 53.3 Å². The number of aromatic nitrogens is 2. The van der Waals surface area contributed by atoms with Gasteiger partial charge in [0.05, 0.1) is 18.0 Å². The summed E-state index contributed by atoms with van der Waals surface area (Å²) in [5.41, 5.74) is 3.13. The molecule has 0 atom stereocenters. The number of rotatable bonds is 10. The number of hydrogen-bond acceptors (Lipinski definition) is 4. The first kappa shape index (κ1) is 27.4. The van der Waals surface area contributed by atoms with E-state index in [0.29, 0.717) is 25.0 Å². The van der Waals surface area contributed by atoms with Crippen LogP contribution >= 0.6 is 24.0 Å². The molecule has 174 valence electrons. The smallest absolute Gasteiger partial charge is 0.213 e. The molecule has 2 rings (SSSR count). The summed E-state index contributed by atoms with van der Waals surface area (Å²) in [4.78, 5) is 6.51. The van der Waals surface area contributed by atoms with Crippen molar-refractivity contribution < 1.29 is 8.42 Å². The molecule has 0 saturated heterocycles. The van der Waals surface area contributed by atoms with E-state index in [1.165, 1.54) is 0 Å². The number of halogens is 1. The van der Waals surface area contributed by atoms with Crippen molar-refractivity contribution in [2.45, 2.75) is 39.8 Å². The number of aryl methyl sites for hydroxylation is 1. The molecule has 2 aromatic rings. The second-order valence-corrected chi connectivity index (χ2v) is 9.51. The normalized spacial score (nSPS) is 12.0. The number of sulfonamides is 1. The zero-order valence-corrected chi connectivity index (χ0v) is 22.1. The summed E-state index contributed by atoms with van der Waals surface area (Å²) in [6.07, 6.45) is 2.02. The van der Waals surface area contributed by atoms with Gasteiger partial charge in [-0.05, 0) is 18.4 Å². The molecular weight excluding hydrogens is 527 g/mol. The van der Waals surface area contributed by atoms with Gasteiger partial charge in [-0.25, -0.2) is 13.1 Å². The summed E-state index contributed by atoms with van der Waals surface area (Å²) in [7, 11) is 0.458. The molecule has 1 aromatic heterocycles. The average Bonchev–Trinajstić information content (AvgIpc) is 3.07. The summed E-state index contributed by atoms with van der Waals surface area (Å²) in [6, 6.07) is 9.46. The molecule has 0 bridgehead atoms. The standard InChI is InChI=1S/C21H34N6O2S.HI/c1-6-22-21(26(4)15-19-16-27(5)25-20(19)17(2)3)23-12-13-30(28,29)24-14-18-10-8-7-9-11-18;/h7-11,16-17,24H,6,12-15H2,1-5H3,(H,22,23);1H. The van der Waals surface area contributed by atoms with Crippen LogP contribution in [0.15, 0.2) is 41.5 Å². The van der Waals surface area contributed by atoms with E-state index in [2.05, 4.69) is 34.0 Å². The quantitative estimate of drug-likeness (QED) is 0.264. The SMILES string of the molecule is CCNC(=NCCS(=O)(=O)NCc1ccccc1)N(C)Cc1cn(C)nc1C(C)C.I. The average molecular weight is 563 g/mol. The third kappa shape index (κ3) is 9.16. The van der Waals surface area contributed by atoms with E-state index >= 15 is 0 Å². The van der Waals surface area contributed by atoms with Gasteiger partial charge in [0.2, 0.25) is 10.0 Å². The Hall–Kier alpha value is -1.66. The molecule has 0 unspecified atom stereocenters. The van der Waals surface area contributed by atoms with Crippen molar-refractivity contribution in [2.24, 2.45) is 12.0 Å². The fourth-order valence-corrected chi connectivity index (χ4v) is 3.96. The Labute approximate surface area is 203 Å². The first-order chi connectivity index (χ1) is 14.2. The highest BCUT2D eigenvalue weighted by atomic mass is 127. The van der Waals surface area contributed by atoms with Crippen molar-refractivity contribution >= 4 is 40.0 Å². The Balaban J connectivity index is 0.00000480. The fraction of sp³-hybridized carbons (Fsp3) is 0.524. The molecule has 0 fully saturated rings. The maximum absolute atomic E-state index is 12.3. The zero-order chi connectivity index (χ0) is 22.1. The predicted octanol–water partition coefficient (Wildman–Crippen LogP) is 2.68. The van der Waals surface area contributed by atoms with Gasteiger partial charge in [-0.15, -0.1) is 24.0 Å². The van der Waals surface area contributed by atoms with E-state index in [9.17, 15) is 8.42 Å². The molecule has 1 aromatic carbocycles. The maximum Gasteiger partial charge on any atom is 0.213 e.